The molecule has 7 heteroatoms. The van der Waals surface area contributed by atoms with Crippen LogP contribution in [0, 0.1) is 12.1 Å². The first-order chi connectivity index (χ1) is 20.8. The molecule has 0 N–H and O–H groups in total. The van der Waals surface area contributed by atoms with Crippen LogP contribution >= 0.6 is 0 Å². The van der Waals surface area contributed by atoms with E-state index in [0.29, 0.717) is 11.8 Å². The van der Waals surface area contributed by atoms with Gasteiger partial charge in [-0.1, -0.05) is 71.2 Å². The van der Waals surface area contributed by atoms with Crippen molar-refractivity contribution in [3.8, 4) is 28.7 Å². The van der Waals surface area contributed by atoms with Crippen LogP contribution in [0.5, 0.6) is 0 Å². The Hall–Kier alpha value is -5.19. The Balaban J connectivity index is 0.00000278. The van der Waals surface area contributed by atoms with Crippen LogP contribution in [-0.4, -0.2) is 23.9 Å². The molecule has 206 valence electrons. The molecule has 0 atom stereocenters. The largest absolute Gasteiger partial charge is 2.00 e. The van der Waals surface area contributed by atoms with Gasteiger partial charge in [0.15, 0.2) is 0 Å². The van der Waals surface area contributed by atoms with Gasteiger partial charge in [-0.25, -0.2) is 0 Å². The van der Waals surface area contributed by atoms with Crippen LogP contribution in [0.15, 0.2) is 132 Å². The molecule has 0 bridgehead atoms. The third-order valence-electron chi connectivity index (χ3n) is 7.86. The van der Waals surface area contributed by atoms with Gasteiger partial charge in [-0.2, -0.15) is 11.2 Å². The maximum Gasteiger partial charge on any atom is 2.00 e. The predicted octanol–water partition coefficient (Wildman–Crippen LogP) is 8.32. The summed E-state index contributed by atoms with van der Waals surface area (Å²) in [6, 6.07) is 44.5. The first kappa shape index (κ1) is 25.5. The Kier molecular flexibility index (Phi) is 5.91. The average molecular weight is 735 g/mol. The molecule has 4 heterocycles. The standard InChI is InChI=1S/C36H21N5O.Pt/c1-4-14-31-29(13-1)30-18-17-24(21-34(30)40(31)26-10-7-9-25(22-26)39-20-8-19-38-39)36-37-23-35(42-36)41-32-15-5-2-11-27(32)28-12-3-6-16-33(28)41;/h1-20,23H;/q-2;+2. The van der Waals surface area contributed by atoms with Crippen LogP contribution < -0.4 is 0 Å². The Morgan fingerprint density at radius 3 is 1.93 bits per heavy atom. The Bertz CT molecular complexity index is 2380. The second kappa shape index (κ2) is 9.97. The summed E-state index contributed by atoms with van der Waals surface area (Å²) in [7, 11) is 0. The van der Waals surface area contributed by atoms with Crippen molar-refractivity contribution in [3.05, 3.63) is 140 Å². The number of fused-ring (bicyclic) bond motifs is 6. The summed E-state index contributed by atoms with van der Waals surface area (Å²) in [6.45, 7) is 0. The van der Waals surface area contributed by atoms with Crippen molar-refractivity contribution in [3.63, 3.8) is 0 Å². The molecule has 0 radical (unpaired) electrons. The molecule has 43 heavy (non-hydrogen) atoms. The minimum Gasteiger partial charge on any atom is -0.467 e. The molecule has 0 amide bonds. The van der Waals surface area contributed by atoms with Gasteiger partial charge in [-0.05, 0) is 40.9 Å². The first-order valence-electron chi connectivity index (χ1n) is 13.8. The van der Waals surface area contributed by atoms with Crippen molar-refractivity contribution >= 4 is 43.6 Å². The zero-order valence-electron chi connectivity index (χ0n) is 22.6. The molecule has 6 nitrogen and oxygen atoms in total. The third-order valence-corrected chi connectivity index (χ3v) is 7.86. The fourth-order valence-corrected chi connectivity index (χ4v) is 6.04. The molecule has 0 aliphatic rings. The quantitative estimate of drug-likeness (QED) is 0.171. The van der Waals surface area contributed by atoms with E-state index < -0.39 is 0 Å². The number of para-hydroxylation sites is 3. The summed E-state index contributed by atoms with van der Waals surface area (Å²) in [6.07, 6.45) is 5.48. The number of aromatic nitrogens is 5. The zero-order chi connectivity index (χ0) is 27.6. The Morgan fingerprint density at radius 2 is 1.23 bits per heavy atom. The second-order valence-electron chi connectivity index (χ2n) is 10.2. The molecule has 0 aliphatic heterocycles. The summed E-state index contributed by atoms with van der Waals surface area (Å²) in [5.41, 5.74) is 6.71. The fraction of sp³-hybridized carbons (Fsp3) is 0. The minimum atomic E-state index is 0. The number of hydrogen-bond donors (Lipinski definition) is 0. The number of nitrogens with zero attached hydrogens (tertiary/aromatic N) is 5. The SMILES string of the molecule is [Pt+2].[c-]1c(-n2cccn2)cccc1-n1c2[c-]c(-c3ncc(-n4c5ccccc5c5ccccc54)o3)ccc2c2ccccc21. The van der Waals surface area contributed by atoms with Gasteiger partial charge in [0.1, 0.15) is 5.89 Å². The molecule has 9 rings (SSSR count). The second-order valence-corrected chi connectivity index (χ2v) is 10.2. The van der Waals surface area contributed by atoms with Crippen LogP contribution in [0.25, 0.3) is 72.3 Å². The van der Waals surface area contributed by atoms with Crippen molar-refractivity contribution in [1.82, 2.24) is 23.9 Å². The van der Waals surface area contributed by atoms with Crippen LogP contribution in [0.1, 0.15) is 0 Å². The van der Waals surface area contributed by atoms with Crippen molar-refractivity contribution in [1.29, 1.82) is 0 Å². The van der Waals surface area contributed by atoms with Gasteiger partial charge >= 0.3 is 21.1 Å². The molecular formula is C36H21N5OPt. The molecule has 5 aromatic carbocycles. The van der Waals surface area contributed by atoms with Crippen LogP contribution in [-0.2, 0) is 21.1 Å². The average Bonchev–Trinajstić information content (AvgIpc) is 3.85. The molecule has 9 aromatic rings. The number of oxazole rings is 1. The van der Waals surface area contributed by atoms with E-state index in [1.54, 1.807) is 12.4 Å². The molecule has 4 aromatic heterocycles. The van der Waals surface area contributed by atoms with E-state index in [1.807, 2.05) is 47.3 Å². The van der Waals surface area contributed by atoms with E-state index in [4.69, 9.17) is 9.40 Å². The molecule has 0 spiro atoms. The predicted molar refractivity (Wildman–Crippen MR) is 165 cm³/mol. The number of benzene rings is 5. The topological polar surface area (TPSA) is 53.7 Å². The summed E-state index contributed by atoms with van der Waals surface area (Å²) in [5.74, 6) is 1.18. The molecule has 0 saturated heterocycles. The van der Waals surface area contributed by atoms with Crippen LogP contribution in [0.2, 0.25) is 0 Å². The van der Waals surface area contributed by atoms with Gasteiger partial charge in [0.05, 0.1) is 17.2 Å². The van der Waals surface area contributed by atoms with E-state index in [2.05, 4.69) is 99.2 Å². The van der Waals surface area contributed by atoms with E-state index in [1.165, 1.54) is 10.8 Å². The summed E-state index contributed by atoms with van der Waals surface area (Å²) >= 11 is 0. The molecule has 0 unspecified atom stereocenters. The third kappa shape index (κ3) is 3.91. The van der Waals surface area contributed by atoms with Crippen molar-refractivity contribution < 1.29 is 25.5 Å². The molecule has 0 aliphatic carbocycles. The van der Waals surface area contributed by atoms with E-state index in [9.17, 15) is 0 Å². The number of hydrogen-bond acceptors (Lipinski definition) is 3. The van der Waals surface area contributed by atoms with E-state index in [0.717, 1.165) is 49.8 Å². The normalized spacial score (nSPS) is 11.5. The fourth-order valence-electron chi connectivity index (χ4n) is 6.04. The van der Waals surface area contributed by atoms with Gasteiger partial charge in [-0.15, -0.1) is 36.4 Å². The smallest absolute Gasteiger partial charge is 0.467 e. The van der Waals surface area contributed by atoms with E-state index in [-0.39, 0.29) is 21.1 Å². The molecule has 0 saturated carbocycles. The van der Waals surface area contributed by atoms with Gasteiger partial charge in [0.2, 0.25) is 5.88 Å². The summed E-state index contributed by atoms with van der Waals surface area (Å²) in [4.78, 5) is 4.72. The van der Waals surface area contributed by atoms with E-state index >= 15 is 0 Å². The van der Waals surface area contributed by atoms with Crippen LogP contribution in [0.4, 0.5) is 0 Å². The Morgan fingerprint density at radius 1 is 0.581 bits per heavy atom. The minimum absolute atomic E-state index is 0. The zero-order valence-corrected chi connectivity index (χ0v) is 24.9. The van der Waals surface area contributed by atoms with Crippen molar-refractivity contribution in [2.75, 3.05) is 0 Å². The summed E-state index contributed by atoms with van der Waals surface area (Å²) in [5, 5.41) is 8.99. The van der Waals surface area contributed by atoms with Crippen molar-refractivity contribution in [2.24, 2.45) is 0 Å². The van der Waals surface area contributed by atoms with Gasteiger partial charge in [0.25, 0.3) is 0 Å². The van der Waals surface area contributed by atoms with Gasteiger partial charge in [0, 0.05) is 28.7 Å². The maximum absolute atomic E-state index is 6.46. The molecule has 0 fully saturated rings. The van der Waals surface area contributed by atoms with Gasteiger partial charge < -0.3 is 8.98 Å². The Labute approximate surface area is 260 Å². The van der Waals surface area contributed by atoms with Gasteiger partial charge in [-0.3, -0.25) is 14.2 Å². The van der Waals surface area contributed by atoms with Crippen molar-refractivity contribution in [2.45, 2.75) is 0 Å². The van der Waals surface area contributed by atoms with Crippen LogP contribution in [0.3, 0.4) is 0 Å². The summed E-state index contributed by atoms with van der Waals surface area (Å²) < 4.78 is 12.6. The first-order valence-corrected chi connectivity index (χ1v) is 13.8. The monoisotopic (exact) mass is 734 g/mol. The number of rotatable bonds is 4. The maximum atomic E-state index is 6.46. The molecular weight excluding hydrogens is 714 g/mol.